The lowest BCUT2D eigenvalue weighted by atomic mass is 9.97. The molecule has 157 valence electrons. The zero-order chi connectivity index (χ0) is 20.9. The van der Waals surface area contributed by atoms with Crippen LogP contribution < -0.4 is 10.6 Å². The van der Waals surface area contributed by atoms with E-state index in [1.807, 2.05) is 41.3 Å². The van der Waals surface area contributed by atoms with Crippen molar-refractivity contribution in [2.75, 3.05) is 46.3 Å². The summed E-state index contributed by atoms with van der Waals surface area (Å²) in [6, 6.07) is 16.5. The number of hydrogen-bond donors (Lipinski definition) is 2. The van der Waals surface area contributed by atoms with Gasteiger partial charge in [-0.1, -0.05) is 30.3 Å². The van der Waals surface area contributed by atoms with E-state index in [-0.39, 0.29) is 17.9 Å². The molecule has 2 amide bonds. The average molecular weight is 406 g/mol. The molecule has 0 spiro atoms. The van der Waals surface area contributed by atoms with E-state index in [0.29, 0.717) is 11.1 Å². The van der Waals surface area contributed by atoms with Gasteiger partial charge < -0.3 is 20.4 Å². The molecule has 2 aromatic rings. The highest BCUT2D eigenvalue weighted by Crippen LogP contribution is 2.24. The number of carbonyl (C=O) groups is 2. The monoisotopic (exact) mass is 405 g/mol. The highest BCUT2D eigenvalue weighted by molar-refractivity contribution is 6.01. The highest BCUT2D eigenvalue weighted by Gasteiger charge is 2.21. The quantitative estimate of drug-likeness (QED) is 0.817. The summed E-state index contributed by atoms with van der Waals surface area (Å²) in [4.78, 5) is 29.8. The minimum atomic E-state index is -0.0879. The van der Waals surface area contributed by atoms with Crippen molar-refractivity contribution in [2.45, 2.75) is 18.9 Å². The van der Waals surface area contributed by atoms with Gasteiger partial charge in [0, 0.05) is 37.8 Å². The normalized spacial score (nSPS) is 18.2. The van der Waals surface area contributed by atoms with Gasteiger partial charge in [-0.2, -0.15) is 0 Å². The van der Waals surface area contributed by atoms with Gasteiger partial charge in [0.25, 0.3) is 11.8 Å². The van der Waals surface area contributed by atoms with E-state index in [2.05, 4.69) is 28.6 Å². The van der Waals surface area contributed by atoms with E-state index in [4.69, 9.17) is 0 Å². The van der Waals surface area contributed by atoms with Gasteiger partial charge >= 0.3 is 0 Å². The molecule has 2 heterocycles. The summed E-state index contributed by atoms with van der Waals surface area (Å²) < 4.78 is 0. The molecule has 0 saturated carbocycles. The molecule has 0 aliphatic carbocycles. The summed E-state index contributed by atoms with van der Waals surface area (Å²) in [5.74, 6) is -0.0201. The number of likely N-dealkylation sites (N-methyl/N-ethyl adjacent to an activating group) is 1. The van der Waals surface area contributed by atoms with Crippen LogP contribution in [-0.4, -0.2) is 74.0 Å². The Kier molecular flexibility index (Phi) is 6.45. The first-order valence-corrected chi connectivity index (χ1v) is 10.7. The lowest BCUT2D eigenvalue weighted by molar-refractivity contribution is 0.0664. The van der Waals surface area contributed by atoms with Gasteiger partial charge in [-0.25, -0.2) is 0 Å². The van der Waals surface area contributed by atoms with Crippen molar-refractivity contribution in [3.63, 3.8) is 0 Å². The van der Waals surface area contributed by atoms with Gasteiger partial charge in [-0.15, -0.1) is 0 Å². The van der Waals surface area contributed by atoms with Crippen molar-refractivity contribution < 1.29 is 9.59 Å². The largest absolute Gasteiger partial charge is 0.349 e. The fourth-order valence-electron chi connectivity index (χ4n) is 4.07. The minimum absolute atomic E-state index is 0.0677. The molecule has 6 nitrogen and oxygen atoms in total. The summed E-state index contributed by atoms with van der Waals surface area (Å²) in [5.41, 5.74) is 2.98. The fourth-order valence-corrected chi connectivity index (χ4v) is 4.07. The SMILES string of the molecule is CN1CCN(C(=O)c2ccc(-c3ccc[c]c3C(=O)NC3CCNCC3)cc2)CC1. The van der Waals surface area contributed by atoms with E-state index in [1.165, 1.54) is 0 Å². The fraction of sp³-hybridized carbons (Fsp3) is 0.417. The van der Waals surface area contributed by atoms with E-state index >= 15 is 0 Å². The molecule has 0 bridgehead atoms. The number of benzene rings is 2. The van der Waals surface area contributed by atoms with E-state index < -0.39 is 0 Å². The second-order valence-electron chi connectivity index (χ2n) is 8.13. The topological polar surface area (TPSA) is 64.7 Å². The number of piperidine rings is 1. The van der Waals surface area contributed by atoms with Gasteiger partial charge in [0.1, 0.15) is 0 Å². The lowest BCUT2D eigenvalue weighted by Crippen LogP contribution is -2.47. The molecule has 2 aliphatic heterocycles. The van der Waals surface area contributed by atoms with Gasteiger partial charge in [0.2, 0.25) is 0 Å². The Morgan fingerprint density at radius 2 is 1.73 bits per heavy atom. The van der Waals surface area contributed by atoms with Crippen LogP contribution in [0.3, 0.4) is 0 Å². The lowest BCUT2D eigenvalue weighted by Gasteiger charge is -2.32. The number of carbonyl (C=O) groups excluding carboxylic acids is 2. The first-order valence-electron chi connectivity index (χ1n) is 10.7. The Morgan fingerprint density at radius 1 is 1.03 bits per heavy atom. The van der Waals surface area contributed by atoms with Crippen LogP contribution in [0.1, 0.15) is 33.6 Å². The molecular weight excluding hydrogens is 376 g/mol. The summed E-state index contributed by atoms with van der Waals surface area (Å²) >= 11 is 0. The molecule has 2 aromatic carbocycles. The Hall–Kier alpha value is -2.70. The molecular formula is C24H29N4O2. The Labute approximate surface area is 178 Å². The maximum atomic E-state index is 12.9. The predicted molar refractivity (Wildman–Crippen MR) is 117 cm³/mol. The predicted octanol–water partition coefficient (Wildman–Crippen LogP) is 2.02. The third kappa shape index (κ3) is 4.71. The van der Waals surface area contributed by atoms with Crippen molar-refractivity contribution in [3.8, 4) is 11.1 Å². The van der Waals surface area contributed by atoms with E-state index in [0.717, 1.165) is 63.2 Å². The van der Waals surface area contributed by atoms with Crippen LogP contribution in [-0.2, 0) is 0 Å². The van der Waals surface area contributed by atoms with Gasteiger partial charge in [0.15, 0.2) is 0 Å². The van der Waals surface area contributed by atoms with Gasteiger partial charge in [0.05, 0.1) is 5.56 Å². The van der Waals surface area contributed by atoms with Crippen molar-refractivity contribution >= 4 is 11.8 Å². The number of hydrogen-bond acceptors (Lipinski definition) is 4. The molecule has 0 unspecified atom stereocenters. The highest BCUT2D eigenvalue weighted by atomic mass is 16.2. The number of nitrogens with one attached hydrogen (secondary N) is 2. The maximum absolute atomic E-state index is 12.9. The summed E-state index contributed by atoms with van der Waals surface area (Å²) in [7, 11) is 2.08. The standard InChI is InChI=1S/C24H29N4O2/c1-27-14-16-28(17-15-27)24(30)19-8-6-18(7-9-19)21-4-2-3-5-22(21)23(29)26-20-10-12-25-13-11-20/h2-4,6-9,20,25H,10-17H2,1H3,(H,26,29). The molecule has 2 aliphatic rings. The summed E-state index contributed by atoms with van der Waals surface area (Å²) in [6.45, 7) is 5.17. The van der Waals surface area contributed by atoms with E-state index in [1.54, 1.807) is 6.07 Å². The second kappa shape index (κ2) is 9.41. The minimum Gasteiger partial charge on any atom is -0.349 e. The smallest absolute Gasteiger partial charge is 0.253 e. The third-order valence-electron chi connectivity index (χ3n) is 5.99. The molecule has 30 heavy (non-hydrogen) atoms. The number of piperazine rings is 1. The molecule has 6 heteroatoms. The molecule has 2 saturated heterocycles. The number of rotatable bonds is 4. The van der Waals surface area contributed by atoms with Gasteiger partial charge in [-0.3, -0.25) is 9.59 Å². The van der Waals surface area contributed by atoms with Crippen LogP contribution in [0, 0.1) is 6.07 Å². The van der Waals surface area contributed by atoms with Crippen LogP contribution in [0.25, 0.3) is 11.1 Å². The molecule has 2 fully saturated rings. The molecule has 0 aromatic heterocycles. The first kappa shape index (κ1) is 20.6. The molecule has 2 N–H and O–H groups in total. The third-order valence-corrected chi connectivity index (χ3v) is 5.99. The zero-order valence-corrected chi connectivity index (χ0v) is 17.5. The second-order valence-corrected chi connectivity index (χ2v) is 8.13. The van der Waals surface area contributed by atoms with Crippen molar-refractivity contribution in [1.29, 1.82) is 0 Å². The van der Waals surface area contributed by atoms with Crippen LogP contribution >= 0.6 is 0 Å². The van der Waals surface area contributed by atoms with Crippen LogP contribution in [0.15, 0.2) is 42.5 Å². The molecule has 1 radical (unpaired) electrons. The number of nitrogens with zero attached hydrogens (tertiary/aromatic N) is 2. The Morgan fingerprint density at radius 3 is 2.43 bits per heavy atom. The molecule has 0 atom stereocenters. The van der Waals surface area contributed by atoms with Crippen molar-refractivity contribution in [3.05, 3.63) is 59.7 Å². The van der Waals surface area contributed by atoms with Crippen LogP contribution in [0.5, 0.6) is 0 Å². The van der Waals surface area contributed by atoms with Crippen LogP contribution in [0.2, 0.25) is 0 Å². The summed E-state index contributed by atoms with van der Waals surface area (Å²) in [5, 5.41) is 6.46. The summed E-state index contributed by atoms with van der Waals surface area (Å²) in [6.07, 6.45) is 1.88. The van der Waals surface area contributed by atoms with Gasteiger partial charge in [-0.05, 0) is 62.3 Å². The maximum Gasteiger partial charge on any atom is 0.253 e. The Balaban J connectivity index is 1.49. The first-order chi connectivity index (χ1) is 14.6. The average Bonchev–Trinajstić information content (AvgIpc) is 2.80. The zero-order valence-electron chi connectivity index (χ0n) is 17.5. The number of amides is 2. The molecule has 4 rings (SSSR count). The van der Waals surface area contributed by atoms with Crippen molar-refractivity contribution in [1.82, 2.24) is 20.4 Å². The van der Waals surface area contributed by atoms with Crippen molar-refractivity contribution in [2.24, 2.45) is 0 Å². The van der Waals surface area contributed by atoms with Crippen LogP contribution in [0.4, 0.5) is 0 Å². The Bertz CT molecular complexity index is 882. The van der Waals surface area contributed by atoms with E-state index in [9.17, 15) is 9.59 Å².